The number of carbonyl (C=O) groups is 1. The number of likely N-dealkylation sites (tertiary alicyclic amines) is 1. The lowest BCUT2D eigenvalue weighted by atomic mass is 10.1. The second kappa shape index (κ2) is 7.14. The fourth-order valence-electron chi connectivity index (χ4n) is 2.33. The zero-order chi connectivity index (χ0) is 13.5. The van der Waals surface area contributed by atoms with Gasteiger partial charge in [-0.1, -0.05) is 12.1 Å². The van der Waals surface area contributed by atoms with Gasteiger partial charge in [0.15, 0.2) is 0 Å². The van der Waals surface area contributed by atoms with Gasteiger partial charge in [-0.3, -0.25) is 4.79 Å². The Kier molecular flexibility index (Phi) is 5.21. The van der Waals surface area contributed by atoms with E-state index in [4.69, 9.17) is 4.74 Å². The largest absolute Gasteiger partial charge is 0.497 e. The second-order valence-electron chi connectivity index (χ2n) is 4.87. The van der Waals surface area contributed by atoms with Crippen LogP contribution in [0.5, 0.6) is 5.75 Å². The van der Waals surface area contributed by atoms with Crippen LogP contribution < -0.4 is 10.1 Å². The fourth-order valence-corrected chi connectivity index (χ4v) is 2.33. The molecule has 1 N–H and O–H groups in total. The molecule has 1 aromatic rings. The van der Waals surface area contributed by atoms with Crippen LogP contribution in [0.3, 0.4) is 0 Å². The van der Waals surface area contributed by atoms with Gasteiger partial charge in [-0.25, -0.2) is 0 Å². The van der Waals surface area contributed by atoms with Crippen molar-refractivity contribution in [1.29, 1.82) is 0 Å². The predicted molar refractivity (Wildman–Crippen MR) is 75.4 cm³/mol. The third kappa shape index (κ3) is 4.24. The number of rotatable bonds is 6. The average molecular weight is 262 g/mol. The maximum Gasteiger partial charge on any atom is 0.236 e. The minimum atomic E-state index is 0.225. The van der Waals surface area contributed by atoms with Gasteiger partial charge in [0.05, 0.1) is 13.7 Å². The quantitative estimate of drug-likeness (QED) is 0.789. The highest BCUT2D eigenvalue weighted by atomic mass is 16.5. The molecule has 2 rings (SSSR count). The number of methoxy groups -OCH3 is 1. The van der Waals surface area contributed by atoms with Crippen molar-refractivity contribution in [3.8, 4) is 5.75 Å². The molecule has 1 fully saturated rings. The molecular formula is C15H22N2O2. The Morgan fingerprint density at radius 3 is 2.89 bits per heavy atom. The molecule has 0 bridgehead atoms. The molecule has 1 aliphatic heterocycles. The normalized spacial score (nSPS) is 14.7. The summed E-state index contributed by atoms with van der Waals surface area (Å²) in [5.41, 5.74) is 1.22. The highest BCUT2D eigenvalue weighted by Gasteiger charge is 2.16. The first kappa shape index (κ1) is 13.9. The topological polar surface area (TPSA) is 41.6 Å². The molecule has 4 nitrogen and oxygen atoms in total. The fraction of sp³-hybridized carbons (Fsp3) is 0.533. The Labute approximate surface area is 114 Å². The van der Waals surface area contributed by atoms with Gasteiger partial charge < -0.3 is 15.0 Å². The van der Waals surface area contributed by atoms with E-state index in [1.165, 1.54) is 5.56 Å². The smallest absolute Gasteiger partial charge is 0.236 e. The van der Waals surface area contributed by atoms with Crippen LogP contribution in [-0.4, -0.2) is 44.1 Å². The van der Waals surface area contributed by atoms with Gasteiger partial charge in [-0.15, -0.1) is 0 Å². The van der Waals surface area contributed by atoms with Gasteiger partial charge in [-0.05, 0) is 43.5 Å². The second-order valence-corrected chi connectivity index (χ2v) is 4.87. The van der Waals surface area contributed by atoms with Crippen molar-refractivity contribution < 1.29 is 9.53 Å². The molecule has 0 saturated carbocycles. The number of benzene rings is 1. The van der Waals surface area contributed by atoms with Crippen LogP contribution in [0, 0.1) is 0 Å². The number of nitrogens with zero attached hydrogens (tertiary/aromatic N) is 1. The van der Waals surface area contributed by atoms with Crippen molar-refractivity contribution in [2.45, 2.75) is 19.3 Å². The van der Waals surface area contributed by atoms with E-state index in [1.54, 1.807) is 7.11 Å². The first-order valence-corrected chi connectivity index (χ1v) is 6.91. The summed E-state index contributed by atoms with van der Waals surface area (Å²) in [6, 6.07) is 8.04. The predicted octanol–water partition coefficient (Wildman–Crippen LogP) is 1.45. The number of amides is 1. The van der Waals surface area contributed by atoms with E-state index in [0.717, 1.165) is 44.6 Å². The maximum atomic E-state index is 11.8. The molecule has 0 spiro atoms. The van der Waals surface area contributed by atoms with Crippen LogP contribution in [0.4, 0.5) is 0 Å². The summed E-state index contributed by atoms with van der Waals surface area (Å²) in [6.07, 6.45) is 3.20. The van der Waals surface area contributed by atoms with Crippen LogP contribution in [0.25, 0.3) is 0 Å². The summed E-state index contributed by atoms with van der Waals surface area (Å²) in [5.74, 6) is 1.11. The van der Waals surface area contributed by atoms with Gasteiger partial charge in [0.25, 0.3) is 0 Å². The van der Waals surface area contributed by atoms with E-state index in [2.05, 4.69) is 11.4 Å². The van der Waals surface area contributed by atoms with Crippen molar-refractivity contribution in [2.75, 3.05) is 33.3 Å². The number of ether oxygens (including phenoxy) is 1. The summed E-state index contributed by atoms with van der Waals surface area (Å²) in [6.45, 7) is 3.11. The Balaban J connectivity index is 1.67. The summed E-state index contributed by atoms with van der Waals surface area (Å²) >= 11 is 0. The van der Waals surface area contributed by atoms with Crippen molar-refractivity contribution in [3.63, 3.8) is 0 Å². The molecular weight excluding hydrogens is 240 g/mol. The number of hydrogen-bond acceptors (Lipinski definition) is 3. The van der Waals surface area contributed by atoms with Crippen molar-refractivity contribution >= 4 is 5.91 Å². The Morgan fingerprint density at radius 2 is 2.16 bits per heavy atom. The lowest BCUT2D eigenvalue weighted by molar-refractivity contribution is -0.129. The number of nitrogens with one attached hydrogen (secondary N) is 1. The molecule has 1 saturated heterocycles. The molecule has 0 unspecified atom stereocenters. The number of hydrogen-bond donors (Lipinski definition) is 1. The average Bonchev–Trinajstić information content (AvgIpc) is 2.98. The van der Waals surface area contributed by atoms with Crippen LogP contribution in [0.15, 0.2) is 24.3 Å². The van der Waals surface area contributed by atoms with E-state index >= 15 is 0 Å². The molecule has 0 aromatic heterocycles. The third-order valence-electron chi connectivity index (χ3n) is 3.46. The molecule has 4 heteroatoms. The minimum Gasteiger partial charge on any atom is -0.497 e. The minimum absolute atomic E-state index is 0.225. The molecule has 0 aliphatic carbocycles. The van der Waals surface area contributed by atoms with Crippen molar-refractivity contribution in [3.05, 3.63) is 29.8 Å². The van der Waals surface area contributed by atoms with E-state index < -0.39 is 0 Å². The van der Waals surface area contributed by atoms with Crippen LogP contribution in [-0.2, 0) is 11.2 Å². The highest BCUT2D eigenvalue weighted by Crippen LogP contribution is 2.12. The summed E-state index contributed by atoms with van der Waals surface area (Å²) in [5, 5.41) is 3.22. The van der Waals surface area contributed by atoms with Gasteiger partial charge >= 0.3 is 0 Å². The zero-order valence-electron chi connectivity index (χ0n) is 11.5. The highest BCUT2D eigenvalue weighted by molar-refractivity contribution is 5.78. The Morgan fingerprint density at radius 1 is 1.37 bits per heavy atom. The molecule has 19 heavy (non-hydrogen) atoms. The van der Waals surface area contributed by atoms with Gasteiger partial charge in [0.1, 0.15) is 5.75 Å². The van der Waals surface area contributed by atoms with E-state index in [1.807, 2.05) is 23.1 Å². The lowest BCUT2D eigenvalue weighted by Gasteiger charge is -2.15. The molecule has 104 valence electrons. The van der Waals surface area contributed by atoms with Gasteiger partial charge in [0.2, 0.25) is 5.91 Å². The Hall–Kier alpha value is -1.55. The third-order valence-corrected chi connectivity index (χ3v) is 3.46. The molecule has 1 heterocycles. The molecule has 0 atom stereocenters. The molecule has 0 radical (unpaired) electrons. The summed E-state index contributed by atoms with van der Waals surface area (Å²) < 4.78 is 5.19. The SMILES string of the molecule is COc1cccc(CCNCC(=O)N2CCCC2)c1. The van der Waals surface area contributed by atoms with E-state index in [-0.39, 0.29) is 5.91 Å². The maximum absolute atomic E-state index is 11.8. The van der Waals surface area contributed by atoms with Crippen molar-refractivity contribution in [1.82, 2.24) is 10.2 Å². The molecule has 1 amide bonds. The standard InChI is InChI=1S/C15H22N2O2/c1-19-14-6-4-5-13(11-14)7-8-16-12-15(18)17-9-2-3-10-17/h4-6,11,16H,2-3,7-10,12H2,1H3. The molecule has 1 aliphatic rings. The van der Waals surface area contributed by atoms with Crippen LogP contribution in [0.2, 0.25) is 0 Å². The Bertz CT molecular complexity index is 414. The van der Waals surface area contributed by atoms with Crippen LogP contribution in [0.1, 0.15) is 18.4 Å². The van der Waals surface area contributed by atoms with E-state index in [9.17, 15) is 4.79 Å². The van der Waals surface area contributed by atoms with Crippen LogP contribution >= 0.6 is 0 Å². The van der Waals surface area contributed by atoms with Crippen molar-refractivity contribution in [2.24, 2.45) is 0 Å². The summed E-state index contributed by atoms with van der Waals surface area (Å²) in [4.78, 5) is 13.7. The first-order chi connectivity index (χ1) is 9.29. The van der Waals surface area contributed by atoms with Gasteiger partial charge in [0, 0.05) is 13.1 Å². The first-order valence-electron chi connectivity index (χ1n) is 6.91. The zero-order valence-corrected chi connectivity index (χ0v) is 11.5. The summed E-state index contributed by atoms with van der Waals surface area (Å²) in [7, 11) is 1.67. The monoisotopic (exact) mass is 262 g/mol. The van der Waals surface area contributed by atoms with E-state index in [0.29, 0.717) is 6.54 Å². The molecule has 1 aromatic carbocycles. The van der Waals surface area contributed by atoms with Gasteiger partial charge in [-0.2, -0.15) is 0 Å². The lowest BCUT2D eigenvalue weighted by Crippen LogP contribution is -2.36. The number of carbonyl (C=O) groups excluding carboxylic acids is 1.